The van der Waals surface area contributed by atoms with Gasteiger partial charge in [0.15, 0.2) is 5.75 Å². The van der Waals surface area contributed by atoms with Gasteiger partial charge in [-0.1, -0.05) is 33.6 Å². The Kier molecular flexibility index (Phi) is 8.23. The molecule has 2 amide bonds. The fraction of sp³-hybridized carbons (Fsp3) is 0.524. The lowest BCUT2D eigenvalue weighted by Crippen LogP contribution is -2.47. The van der Waals surface area contributed by atoms with Gasteiger partial charge in [0.1, 0.15) is 0 Å². The molecule has 10 heteroatoms. The average Bonchev–Trinajstić information content (AvgIpc) is 2.74. The van der Waals surface area contributed by atoms with Gasteiger partial charge in [0.05, 0.1) is 37.4 Å². The molecule has 1 aliphatic rings. The SMILES string of the molecule is CCCCCOc1c(OC)cc(C2NC(=O)NC(C(C)C)=C2C(=O)OC)cc1[N+](=O)[O-]. The number of rotatable bonds is 10. The molecule has 0 bridgehead atoms. The summed E-state index contributed by atoms with van der Waals surface area (Å²) in [6.07, 6.45) is 2.66. The van der Waals surface area contributed by atoms with Crippen LogP contribution in [0.25, 0.3) is 0 Å². The summed E-state index contributed by atoms with van der Waals surface area (Å²) in [4.78, 5) is 36.0. The number of nitrogens with one attached hydrogen (secondary N) is 2. The lowest BCUT2D eigenvalue weighted by Gasteiger charge is -2.31. The first-order valence-electron chi connectivity index (χ1n) is 10.1. The number of esters is 1. The highest BCUT2D eigenvalue weighted by atomic mass is 16.6. The number of hydrogen-bond acceptors (Lipinski definition) is 7. The predicted octanol–water partition coefficient (Wildman–Crippen LogP) is 3.61. The maximum atomic E-state index is 12.6. The number of methoxy groups -OCH3 is 2. The van der Waals surface area contributed by atoms with Crippen LogP contribution in [-0.4, -0.2) is 37.8 Å². The Bertz CT molecular complexity index is 880. The van der Waals surface area contributed by atoms with E-state index in [4.69, 9.17) is 14.2 Å². The molecule has 0 spiro atoms. The quantitative estimate of drug-likeness (QED) is 0.248. The van der Waals surface area contributed by atoms with E-state index in [0.717, 1.165) is 19.3 Å². The number of ether oxygens (including phenoxy) is 3. The molecule has 0 aromatic heterocycles. The van der Waals surface area contributed by atoms with Crippen LogP contribution < -0.4 is 20.1 Å². The van der Waals surface area contributed by atoms with Crippen LogP contribution >= 0.6 is 0 Å². The third kappa shape index (κ3) is 5.44. The zero-order valence-corrected chi connectivity index (χ0v) is 18.4. The largest absolute Gasteiger partial charge is 0.493 e. The maximum absolute atomic E-state index is 12.6. The minimum Gasteiger partial charge on any atom is -0.493 e. The summed E-state index contributed by atoms with van der Waals surface area (Å²) in [6.45, 7) is 5.98. The molecule has 10 nitrogen and oxygen atoms in total. The fourth-order valence-electron chi connectivity index (χ4n) is 3.36. The number of carbonyl (C=O) groups excluding carboxylic acids is 2. The summed E-state index contributed by atoms with van der Waals surface area (Å²) in [5, 5.41) is 17.1. The van der Waals surface area contributed by atoms with Gasteiger partial charge in [0.2, 0.25) is 5.75 Å². The molecule has 1 atom stereocenters. The van der Waals surface area contributed by atoms with E-state index in [1.807, 2.05) is 20.8 Å². The molecule has 0 aliphatic carbocycles. The lowest BCUT2D eigenvalue weighted by atomic mass is 9.91. The minimum absolute atomic E-state index is 0.0142. The molecule has 1 heterocycles. The monoisotopic (exact) mass is 435 g/mol. The molecule has 0 saturated heterocycles. The second-order valence-electron chi connectivity index (χ2n) is 7.39. The van der Waals surface area contributed by atoms with E-state index in [1.165, 1.54) is 26.4 Å². The van der Waals surface area contributed by atoms with Crippen LogP contribution in [0.4, 0.5) is 10.5 Å². The molecule has 0 fully saturated rings. The Morgan fingerprint density at radius 2 is 1.97 bits per heavy atom. The van der Waals surface area contributed by atoms with Crippen molar-refractivity contribution in [1.82, 2.24) is 10.6 Å². The number of nitro groups is 1. The highest BCUT2D eigenvalue weighted by molar-refractivity contribution is 5.95. The van der Waals surface area contributed by atoms with Crippen molar-refractivity contribution < 1.29 is 28.7 Å². The molecule has 0 radical (unpaired) electrons. The molecule has 2 rings (SSSR count). The summed E-state index contributed by atoms with van der Waals surface area (Å²) in [7, 11) is 2.61. The molecule has 2 N–H and O–H groups in total. The van der Waals surface area contributed by atoms with E-state index >= 15 is 0 Å². The Labute approximate surface area is 181 Å². The molecule has 1 unspecified atom stereocenters. The first kappa shape index (κ1) is 24.0. The molecule has 1 aromatic rings. The van der Waals surface area contributed by atoms with Gasteiger partial charge in [-0.2, -0.15) is 0 Å². The van der Waals surface area contributed by atoms with Crippen molar-refractivity contribution in [3.05, 3.63) is 39.1 Å². The van der Waals surface area contributed by atoms with Crippen molar-refractivity contribution >= 4 is 17.7 Å². The zero-order valence-electron chi connectivity index (χ0n) is 18.4. The average molecular weight is 435 g/mol. The standard InChI is InChI=1S/C21H29N3O7/c1-6-7-8-9-31-19-14(24(27)28)10-13(11-15(19)29-4)18-16(20(25)30-5)17(12(2)3)22-21(26)23-18/h10-12,18H,6-9H2,1-5H3,(H2,22,23,26). The van der Waals surface area contributed by atoms with Crippen molar-refractivity contribution in [2.24, 2.45) is 5.92 Å². The van der Waals surface area contributed by atoms with Crippen LogP contribution in [0.2, 0.25) is 0 Å². The number of amides is 2. The van der Waals surface area contributed by atoms with E-state index in [9.17, 15) is 19.7 Å². The molecule has 31 heavy (non-hydrogen) atoms. The highest BCUT2D eigenvalue weighted by Gasteiger charge is 2.36. The number of benzene rings is 1. The fourth-order valence-corrected chi connectivity index (χ4v) is 3.36. The number of hydrogen-bond donors (Lipinski definition) is 2. The maximum Gasteiger partial charge on any atom is 0.337 e. The van der Waals surface area contributed by atoms with Gasteiger partial charge in [-0.25, -0.2) is 9.59 Å². The van der Waals surface area contributed by atoms with Gasteiger partial charge >= 0.3 is 17.7 Å². The Morgan fingerprint density at radius 3 is 2.52 bits per heavy atom. The zero-order chi connectivity index (χ0) is 23.1. The molecule has 1 aliphatic heterocycles. The van der Waals surface area contributed by atoms with Crippen LogP contribution in [0.3, 0.4) is 0 Å². The summed E-state index contributed by atoms with van der Waals surface area (Å²) in [6, 6.07) is 1.33. The number of unbranched alkanes of at least 4 members (excludes halogenated alkanes) is 2. The number of nitro benzene ring substituents is 1. The number of nitrogens with zero attached hydrogens (tertiary/aromatic N) is 1. The Hall–Kier alpha value is -3.30. The summed E-state index contributed by atoms with van der Waals surface area (Å²) in [5.41, 5.74) is 0.555. The van der Waals surface area contributed by atoms with Crippen molar-refractivity contribution in [2.45, 2.75) is 46.1 Å². The van der Waals surface area contributed by atoms with Crippen LogP contribution in [-0.2, 0) is 9.53 Å². The smallest absolute Gasteiger partial charge is 0.337 e. The van der Waals surface area contributed by atoms with Crippen LogP contribution in [0.5, 0.6) is 11.5 Å². The van der Waals surface area contributed by atoms with Crippen LogP contribution in [0.15, 0.2) is 23.4 Å². The van der Waals surface area contributed by atoms with Crippen molar-refractivity contribution in [3.63, 3.8) is 0 Å². The second kappa shape index (κ2) is 10.6. The normalized spacial score (nSPS) is 15.9. The predicted molar refractivity (Wildman–Crippen MR) is 113 cm³/mol. The minimum atomic E-state index is -0.958. The van der Waals surface area contributed by atoms with Gasteiger partial charge in [0, 0.05) is 11.8 Å². The number of urea groups is 1. The summed E-state index contributed by atoms with van der Waals surface area (Å²) >= 11 is 0. The molecule has 0 saturated carbocycles. The van der Waals surface area contributed by atoms with Gasteiger partial charge in [-0.15, -0.1) is 0 Å². The van der Waals surface area contributed by atoms with E-state index < -0.39 is 23.0 Å². The first-order valence-corrected chi connectivity index (χ1v) is 10.1. The van der Waals surface area contributed by atoms with Crippen molar-refractivity contribution in [2.75, 3.05) is 20.8 Å². The first-order chi connectivity index (χ1) is 14.7. The lowest BCUT2D eigenvalue weighted by molar-refractivity contribution is -0.386. The number of allylic oxidation sites excluding steroid dienone is 1. The van der Waals surface area contributed by atoms with Crippen molar-refractivity contribution in [1.29, 1.82) is 0 Å². The van der Waals surface area contributed by atoms with Gasteiger partial charge in [-0.3, -0.25) is 10.1 Å². The summed E-state index contributed by atoms with van der Waals surface area (Å²) in [5.74, 6) is -0.687. The van der Waals surface area contributed by atoms with Crippen molar-refractivity contribution in [3.8, 4) is 11.5 Å². The molecule has 1 aromatic carbocycles. The van der Waals surface area contributed by atoms with Crippen LogP contribution in [0.1, 0.15) is 51.6 Å². The Balaban J connectivity index is 2.61. The van der Waals surface area contributed by atoms with Gasteiger partial charge in [0.25, 0.3) is 0 Å². The van der Waals surface area contributed by atoms with Crippen LogP contribution in [0, 0.1) is 16.0 Å². The Morgan fingerprint density at radius 1 is 1.26 bits per heavy atom. The molecular formula is C21H29N3O7. The number of carbonyl (C=O) groups is 2. The van der Waals surface area contributed by atoms with Gasteiger partial charge < -0.3 is 24.8 Å². The molecule has 170 valence electrons. The molecular weight excluding hydrogens is 406 g/mol. The summed E-state index contributed by atoms with van der Waals surface area (Å²) < 4.78 is 15.9. The second-order valence-corrected chi connectivity index (χ2v) is 7.39. The van der Waals surface area contributed by atoms with E-state index in [0.29, 0.717) is 17.9 Å². The third-order valence-electron chi connectivity index (χ3n) is 4.89. The van der Waals surface area contributed by atoms with Gasteiger partial charge in [-0.05, 0) is 24.0 Å². The van der Waals surface area contributed by atoms with E-state index in [-0.39, 0.29) is 28.7 Å². The third-order valence-corrected chi connectivity index (χ3v) is 4.89. The van der Waals surface area contributed by atoms with E-state index in [1.54, 1.807) is 0 Å². The topological polar surface area (TPSA) is 129 Å². The van der Waals surface area contributed by atoms with E-state index in [2.05, 4.69) is 10.6 Å². The highest BCUT2D eigenvalue weighted by Crippen LogP contribution is 2.42.